The van der Waals surface area contributed by atoms with Gasteiger partial charge in [0.1, 0.15) is 25.7 Å². The highest BCUT2D eigenvalue weighted by atomic mass is 32.1. The lowest BCUT2D eigenvalue weighted by Crippen LogP contribution is -3.14. The summed E-state index contributed by atoms with van der Waals surface area (Å²) in [6.07, 6.45) is 0. The molecule has 7 heteroatoms. The summed E-state index contributed by atoms with van der Waals surface area (Å²) < 4.78 is 5.41. The maximum absolute atomic E-state index is 12.4. The maximum Gasteiger partial charge on any atom is 0.261 e. The minimum atomic E-state index is -0.217. The lowest BCUT2D eigenvalue weighted by molar-refractivity contribution is -0.909. The summed E-state index contributed by atoms with van der Waals surface area (Å²) in [7, 11) is 0. The van der Waals surface area contributed by atoms with Crippen molar-refractivity contribution in [3.63, 3.8) is 0 Å². The van der Waals surface area contributed by atoms with Crippen molar-refractivity contribution in [3.05, 3.63) is 58.3 Å². The van der Waals surface area contributed by atoms with Crippen molar-refractivity contribution in [2.24, 2.45) is 0 Å². The lowest BCUT2D eigenvalue weighted by atomic mass is 10.1. The van der Waals surface area contributed by atoms with Gasteiger partial charge in [-0.2, -0.15) is 0 Å². The molecule has 1 saturated heterocycles. The second-order valence-electron chi connectivity index (χ2n) is 6.26. The Morgan fingerprint density at radius 3 is 2.58 bits per heavy atom. The van der Waals surface area contributed by atoms with E-state index in [1.165, 1.54) is 16.2 Å². The molecule has 0 spiro atoms. The number of carbonyl (C=O) groups excluding carboxylic acids is 2. The molecule has 1 aliphatic rings. The Morgan fingerprint density at radius 2 is 1.88 bits per heavy atom. The SMILES string of the molecule is O=C(CNC(=O)c1cccs1)N[C@H](C[NH+]1CCOCC1)c1ccccc1. The van der Waals surface area contributed by atoms with Crippen LogP contribution in [0.3, 0.4) is 0 Å². The monoisotopic (exact) mass is 374 g/mol. The van der Waals surface area contributed by atoms with Crippen LogP contribution in [-0.4, -0.2) is 51.2 Å². The Bertz CT molecular complexity index is 700. The molecule has 26 heavy (non-hydrogen) atoms. The third kappa shape index (κ3) is 5.39. The largest absolute Gasteiger partial charge is 0.370 e. The molecule has 1 aromatic carbocycles. The van der Waals surface area contributed by atoms with Crippen LogP contribution in [0.1, 0.15) is 21.3 Å². The maximum atomic E-state index is 12.4. The van der Waals surface area contributed by atoms with Crippen molar-refractivity contribution < 1.29 is 19.2 Å². The fourth-order valence-electron chi connectivity index (χ4n) is 2.99. The Morgan fingerprint density at radius 1 is 1.12 bits per heavy atom. The summed E-state index contributed by atoms with van der Waals surface area (Å²) in [5.74, 6) is -0.401. The number of ether oxygens (including phenoxy) is 1. The molecule has 2 aromatic rings. The van der Waals surface area contributed by atoms with Gasteiger partial charge in [-0.25, -0.2) is 0 Å². The summed E-state index contributed by atoms with van der Waals surface area (Å²) in [4.78, 5) is 26.4. The van der Waals surface area contributed by atoms with Crippen molar-refractivity contribution in [3.8, 4) is 0 Å². The Balaban J connectivity index is 1.57. The van der Waals surface area contributed by atoms with Crippen LogP contribution in [0.25, 0.3) is 0 Å². The summed E-state index contributed by atoms with van der Waals surface area (Å²) >= 11 is 1.36. The second kappa shape index (κ2) is 9.47. The van der Waals surface area contributed by atoms with E-state index in [1.807, 2.05) is 41.8 Å². The van der Waals surface area contributed by atoms with E-state index in [0.717, 1.165) is 38.4 Å². The first-order valence-electron chi connectivity index (χ1n) is 8.79. The minimum Gasteiger partial charge on any atom is -0.370 e. The third-order valence-corrected chi connectivity index (χ3v) is 5.25. The number of nitrogens with one attached hydrogen (secondary N) is 3. The summed E-state index contributed by atoms with van der Waals surface area (Å²) in [5.41, 5.74) is 1.07. The Hall–Kier alpha value is -2.22. The van der Waals surface area contributed by atoms with Crippen LogP contribution < -0.4 is 15.5 Å². The van der Waals surface area contributed by atoms with Gasteiger partial charge >= 0.3 is 0 Å². The molecule has 1 atom stereocenters. The molecule has 0 unspecified atom stereocenters. The van der Waals surface area contributed by atoms with Crippen LogP contribution in [0.4, 0.5) is 0 Å². The number of thiophene rings is 1. The molecule has 0 bridgehead atoms. The topological polar surface area (TPSA) is 71.9 Å². The van der Waals surface area contributed by atoms with Gasteiger partial charge < -0.3 is 20.3 Å². The fourth-order valence-corrected chi connectivity index (χ4v) is 3.63. The smallest absolute Gasteiger partial charge is 0.261 e. The molecule has 6 nitrogen and oxygen atoms in total. The van der Waals surface area contributed by atoms with E-state index in [9.17, 15) is 9.59 Å². The highest BCUT2D eigenvalue weighted by Crippen LogP contribution is 2.11. The fraction of sp³-hybridized carbons (Fsp3) is 0.368. The molecule has 1 aromatic heterocycles. The number of amides is 2. The molecule has 138 valence electrons. The standard InChI is InChI=1S/C19H23N3O3S/c23-18(13-20-19(24)17-7-4-12-26-17)21-16(15-5-2-1-3-6-15)14-22-8-10-25-11-9-22/h1-7,12,16H,8-11,13-14H2,(H,20,24)(H,21,23)/p+1/t16-/m1/s1. The zero-order chi connectivity index (χ0) is 18.2. The molecule has 2 amide bonds. The number of carbonyl (C=O) groups is 2. The van der Waals surface area contributed by atoms with E-state index < -0.39 is 0 Å². The van der Waals surface area contributed by atoms with Gasteiger partial charge in [-0.05, 0) is 17.0 Å². The number of rotatable bonds is 7. The number of quaternary nitrogens is 1. The zero-order valence-electron chi connectivity index (χ0n) is 14.6. The lowest BCUT2D eigenvalue weighted by Gasteiger charge is -2.28. The van der Waals surface area contributed by atoms with Crippen molar-refractivity contribution in [2.75, 3.05) is 39.4 Å². The predicted molar refractivity (Wildman–Crippen MR) is 100 cm³/mol. The quantitative estimate of drug-likeness (QED) is 0.651. The van der Waals surface area contributed by atoms with Crippen LogP contribution in [-0.2, 0) is 9.53 Å². The first-order chi connectivity index (χ1) is 12.7. The van der Waals surface area contributed by atoms with E-state index >= 15 is 0 Å². The van der Waals surface area contributed by atoms with Crippen molar-refractivity contribution in [2.45, 2.75) is 6.04 Å². The summed E-state index contributed by atoms with van der Waals surface area (Å²) in [6, 6.07) is 13.4. The van der Waals surface area contributed by atoms with Gasteiger partial charge in [-0.3, -0.25) is 9.59 Å². The van der Waals surface area contributed by atoms with Crippen LogP contribution in [0.2, 0.25) is 0 Å². The van der Waals surface area contributed by atoms with Crippen LogP contribution in [0.15, 0.2) is 47.8 Å². The predicted octanol–water partition coefficient (Wildman–Crippen LogP) is 0.251. The average molecular weight is 374 g/mol. The van der Waals surface area contributed by atoms with Crippen LogP contribution >= 0.6 is 11.3 Å². The van der Waals surface area contributed by atoms with Crippen LogP contribution in [0, 0.1) is 0 Å². The second-order valence-corrected chi connectivity index (χ2v) is 7.20. The molecule has 3 N–H and O–H groups in total. The molecule has 0 saturated carbocycles. The van der Waals surface area contributed by atoms with Gasteiger partial charge in [-0.1, -0.05) is 36.4 Å². The van der Waals surface area contributed by atoms with E-state index in [2.05, 4.69) is 10.6 Å². The van der Waals surface area contributed by atoms with Gasteiger partial charge in [0.05, 0.1) is 24.6 Å². The number of morpholine rings is 1. The molecule has 2 heterocycles. The minimum absolute atomic E-state index is 0.0293. The van der Waals surface area contributed by atoms with Gasteiger partial charge in [0.15, 0.2) is 0 Å². The van der Waals surface area contributed by atoms with Gasteiger partial charge in [0.25, 0.3) is 5.91 Å². The molecule has 0 aliphatic carbocycles. The van der Waals surface area contributed by atoms with Gasteiger partial charge in [0, 0.05) is 0 Å². The first-order valence-corrected chi connectivity index (χ1v) is 9.67. The van der Waals surface area contributed by atoms with E-state index in [4.69, 9.17) is 4.74 Å². The molecular weight excluding hydrogens is 350 g/mol. The number of benzene rings is 1. The summed E-state index contributed by atoms with van der Waals surface area (Å²) in [5, 5.41) is 7.59. The van der Waals surface area contributed by atoms with Crippen molar-refractivity contribution >= 4 is 23.2 Å². The molecule has 1 fully saturated rings. The van der Waals surface area contributed by atoms with E-state index in [0.29, 0.717) is 4.88 Å². The Labute approximate surface area is 157 Å². The van der Waals surface area contributed by atoms with Crippen molar-refractivity contribution in [1.29, 1.82) is 0 Å². The highest BCUT2D eigenvalue weighted by molar-refractivity contribution is 7.12. The van der Waals surface area contributed by atoms with Gasteiger partial charge in [-0.15, -0.1) is 11.3 Å². The molecule has 0 radical (unpaired) electrons. The zero-order valence-corrected chi connectivity index (χ0v) is 15.4. The molecular formula is C19H24N3O3S+. The average Bonchev–Trinajstić information content (AvgIpc) is 3.22. The molecule has 1 aliphatic heterocycles. The number of hydrogen-bond acceptors (Lipinski definition) is 4. The highest BCUT2D eigenvalue weighted by Gasteiger charge is 2.23. The van der Waals surface area contributed by atoms with Crippen LogP contribution in [0.5, 0.6) is 0 Å². The normalized spacial score (nSPS) is 16.0. The first kappa shape index (κ1) is 18.6. The Kier molecular flexibility index (Phi) is 6.76. The van der Waals surface area contributed by atoms with Gasteiger partial charge in [0.2, 0.25) is 5.91 Å². The van der Waals surface area contributed by atoms with Crippen molar-refractivity contribution in [1.82, 2.24) is 10.6 Å². The van der Waals surface area contributed by atoms with E-state index in [-0.39, 0.29) is 24.4 Å². The van der Waals surface area contributed by atoms with E-state index in [1.54, 1.807) is 6.07 Å². The molecule has 3 rings (SSSR count). The summed E-state index contributed by atoms with van der Waals surface area (Å²) in [6.45, 7) is 4.16. The number of hydrogen-bond donors (Lipinski definition) is 3. The third-order valence-electron chi connectivity index (χ3n) is 4.38.